The summed E-state index contributed by atoms with van der Waals surface area (Å²) in [5.41, 5.74) is 2.42. The maximum absolute atomic E-state index is 13.5. The molecule has 0 atom stereocenters. The second-order valence-corrected chi connectivity index (χ2v) is 7.64. The normalized spacial score (nSPS) is 11.2. The van der Waals surface area contributed by atoms with Crippen LogP contribution in [0, 0.1) is 5.82 Å². The van der Waals surface area contributed by atoms with Crippen LogP contribution >= 0.6 is 11.6 Å². The lowest BCUT2D eigenvalue weighted by molar-refractivity contribution is 0.0734. The Morgan fingerprint density at radius 1 is 1.14 bits per heavy atom. The van der Waals surface area contributed by atoms with Gasteiger partial charge in [0.1, 0.15) is 11.6 Å². The molecule has 1 heterocycles. The number of unbranched alkanes of at least 4 members (excludes halogenated alkanes) is 2. The predicted octanol–water partition coefficient (Wildman–Crippen LogP) is 6.07. The van der Waals surface area contributed by atoms with Gasteiger partial charge in [-0.05, 0) is 43.2 Å². The number of rotatable bonds is 9. The topological polar surface area (TPSA) is 38.1 Å². The standard InChI is InChI=1S/C23H27ClFN3O/c1-3-5-13-27(23(29)17-11-12-19(25)18(24)15-17)16-22-26-20-9-7-8-10-21(20)28(22)14-6-4-2/h7-12,15H,3-6,13-14,16H2,1-2H3. The summed E-state index contributed by atoms with van der Waals surface area (Å²) >= 11 is 5.90. The minimum atomic E-state index is -0.523. The highest BCUT2D eigenvalue weighted by atomic mass is 35.5. The summed E-state index contributed by atoms with van der Waals surface area (Å²) < 4.78 is 15.7. The highest BCUT2D eigenvalue weighted by molar-refractivity contribution is 6.31. The van der Waals surface area contributed by atoms with Gasteiger partial charge in [-0.3, -0.25) is 4.79 Å². The number of nitrogens with zero attached hydrogens (tertiary/aromatic N) is 3. The molecule has 2 aromatic carbocycles. The minimum absolute atomic E-state index is 0.0403. The fourth-order valence-corrected chi connectivity index (χ4v) is 3.58. The van der Waals surface area contributed by atoms with Gasteiger partial charge in [-0.25, -0.2) is 9.37 Å². The van der Waals surface area contributed by atoms with Crippen LogP contribution in [0.1, 0.15) is 55.7 Å². The SMILES string of the molecule is CCCCN(Cc1nc2ccccc2n1CCCC)C(=O)c1ccc(F)c(Cl)c1. The fourth-order valence-electron chi connectivity index (χ4n) is 3.40. The molecule has 29 heavy (non-hydrogen) atoms. The Balaban J connectivity index is 1.93. The Hall–Kier alpha value is -2.40. The van der Waals surface area contributed by atoms with Crippen LogP contribution in [0.3, 0.4) is 0 Å². The number of benzene rings is 2. The second-order valence-electron chi connectivity index (χ2n) is 7.23. The number of imidazole rings is 1. The van der Waals surface area contributed by atoms with Gasteiger partial charge in [0.2, 0.25) is 0 Å². The van der Waals surface area contributed by atoms with Crippen LogP contribution in [0.4, 0.5) is 4.39 Å². The zero-order valence-corrected chi connectivity index (χ0v) is 17.8. The smallest absolute Gasteiger partial charge is 0.254 e. The first-order chi connectivity index (χ1) is 14.0. The van der Waals surface area contributed by atoms with Crippen molar-refractivity contribution in [2.45, 2.75) is 52.6 Å². The summed E-state index contributed by atoms with van der Waals surface area (Å²) in [6, 6.07) is 12.2. The number of fused-ring (bicyclic) bond motifs is 1. The quantitative estimate of drug-likeness (QED) is 0.425. The highest BCUT2D eigenvalue weighted by Crippen LogP contribution is 2.21. The van der Waals surface area contributed by atoms with E-state index in [1.165, 1.54) is 18.2 Å². The number of amides is 1. The first kappa shape index (κ1) is 21.3. The molecule has 0 unspecified atom stereocenters. The Morgan fingerprint density at radius 2 is 1.90 bits per heavy atom. The lowest BCUT2D eigenvalue weighted by Crippen LogP contribution is -2.32. The molecule has 4 nitrogen and oxygen atoms in total. The van der Waals surface area contributed by atoms with E-state index in [1.807, 2.05) is 18.2 Å². The maximum Gasteiger partial charge on any atom is 0.254 e. The number of para-hydroxylation sites is 2. The molecule has 3 aromatic rings. The van der Waals surface area contributed by atoms with Gasteiger partial charge in [-0.2, -0.15) is 0 Å². The molecule has 6 heteroatoms. The van der Waals surface area contributed by atoms with E-state index in [0.717, 1.165) is 49.1 Å². The average molecular weight is 416 g/mol. The third-order valence-corrected chi connectivity index (χ3v) is 5.33. The number of aromatic nitrogens is 2. The van der Waals surface area contributed by atoms with E-state index in [9.17, 15) is 9.18 Å². The predicted molar refractivity (Wildman–Crippen MR) is 116 cm³/mol. The van der Waals surface area contributed by atoms with Crippen molar-refractivity contribution in [2.24, 2.45) is 0 Å². The molecule has 1 amide bonds. The number of hydrogen-bond donors (Lipinski definition) is 0. The van der Waals surface area contributed by atoms with Crippen LogP contribution in [0.5, 0.6) is 0 Å². The molecule has 0 radical (unpaired) electrons. The summed E-state index contributed by atoms with van der Waals surface area (Å²) in [6.07, 6.45) is 3.98. The molecule has 0 bridgehead atoms. The number of carbonyl (C=O) groups is 1. The summed E-state index contributed by atoms with van der Waals surface area (Å²) in [7, 11) is 0. The zero-order valence-electron chi connectivity index (χ0n) is 17.0. The molecule has 0 saturated heterocycles. The first-order valence-electron chi connectivity index (χ1n) is 10.2. The van der Waals surface area contributed by atoms with E-state index in [2.05, 4.69) is 24.5 Å². The highest BCUT2D eigenvalue weighted by Gasteiger charge is 2.20. The van der Waals surface area contributed by atoms with Crippen LogP contribution in [0.2, 0.25) is 5.02 Å². The van der Waals surface area contributed by atoms with Crippen molar-refractivity contribution in [3.63, 3.8) is 0 Å². The van der Waals surface area contributed by atoms with Gasteiger partial charge in [0.25, 0.3) is 5.91 Å². The number of halogens is 2. The van der Waals surface area contributed by atoms with Gasteiger partial charge in [0, 0.05) is 18.7 Å². The lowest BCUT2D eigenvalue weighted by atomic mass is 10.1. The summed E-state index contributed by atoms with van der Waals surface area (Å²) in [6.45, 7) is 6.14. The molecule has 0 fully saturated rings. The average Bonchev–Trinajstić information content (AvgIpc) is 3.08. The third kappa shape index (κ3) is 4.96. The van der Waals surface area contributed by atoms with Crippen molar-refractivity contribution in [3.05, 3.63) is 64.7 Å². The van der Waals surface area contributed by atoms with Crippen molar-refractivity contribution in [2.75, 3.05) is 6.54 Å². The van der Waals surface area contributed by atoms with E-state index in [4.69, 9.17) is 16.6 Å². The van der Waals surface area contributed by atoms with Crippen LogP contribution < -0.4 is 0 Å². The molecule has 0 N–H and O–H groups in total. The molecule has 0 aliphatic carbocycles. The Labute approximate surface area is 176 Å². The zero-order chi connectivity index (χ0) is 20.8. The van der Waals surface area contributed by atoms with Gasteiger partial charge < -0.3 is 9.47 Å². The molecule has 0 aliphatic heterocycles. The first-order valence-corrected chi connectivity index (χ1v) is 10.6. The van der Waals surface area contributed by atoms with Gasteiger partial charge in [-0.1, -0.05) is 50.4 Å². The molecule has 0 spiro atoms. The fraction of sp³-hybridized carbons (Fsp3) is 0.391. The van der Waals surface area contributed by atoms with Crippen LogP contribution in [-0.2, 0) is 13.1 Å². The van der Waals surface area contributed by atoms with Crippen molar-refractivity contribution in [3.8, 4) is 0 Å². The van der Waals surface area contributed by atoms with Crippen LogP contribution in [-0.4, -0.2) is 26.9 Å². The third-order valence-electron chi connectivity index (χ3n) is 5.04. The van der Waals surface area contributed by atoms with E-state index in [1.54, 1.807) is 4.90 Å². The minimum Gasteiger partial charge on any atom is -0.331 e. The van der Waals surface area contributed by atoms with Gasteiger partial charge in [0.15, 0.2) is 0 Å². The maximum atomic E-state index is 13.5. The monoisotopic (exact) mass is 415 g/mol. The van der Waals surface area contributed by atoms with Gasteiger partial charge >= 0.3 is 0 Å². The lowest BCUT2D eigenvalue weighted by Gasteiger charge is -2.23. The van der Waals surface area contributed by atoms with E-state index in [-0.39, 0.29) is 10.9 Å². The van der Waals surface area contributed by atoms with Crippen LogP contribution in [0.25, 0.3) is 11.0 Å². The van der Waals surface area contributed by atoms with Gasteiger partial charge in [0.05, 0.1) is 22.6 Å². The number of hydrogen-bond acceptors (Lipinski definition) is 2. The van der Waals surface area contributed by atoms with Crippen LogP contribution in [0.15, 0.2) is 42.5 Å². The molecule has 154 valence electrons. The Kier molecular flexibility index (Phi) is 7.26. The number of carbonyl (C=O) groups excluding carboxylic acids is 1. The van der Waals surface area contributed by atoms with E-state index in [0.29, 0.717) is 18.7 Å². The molecular formula is C23H27ClFN3O. The van der Waals surface area contributed by atoms with Crippen molar-refractivity contribution < 1.29 is 9.18 Å². The van der Waals surface area contributed by atoms with E-state index < -0.39 is 5.82 Å². The molecule has 0 saturated carbocycles. The van der Waals surface area contributed by atoms with Crippen molar-refractivity contribution in [1.29, 1.82) is 0 Å². The summed E-state index contributed by atoms with van der Waals surface area (Å²) in [5, 5.41) is -0.0403. The molecule has 3 rings (SSSR count). The van der Waals surface area contributed by atoms with E-state index >= 15 is 0 Å². The molecule has 1 aromatic heterocycles. The summed E-state index contributed by atoms with van der Waals surface area (Å²) in [5.74, 6) is 0.191. The Morgan fingerprint density at radius 3 is 2.62 bits per heavy atom. The molecular weight excluding hydrogens is 389 g/mol. The van der Waals surface area contributed by atoms with Crippen molar-refractivity contribution >= 4 is 28.5 Å². The van der Waals surface area contributed by atoms with Gasteiger partial charge in [-0.15, -0.1) is 0 Å². The summed E-state index contributed by atoms with van der Waals surface area (Å²) in [4.78, 5) is 19.8. The second kappa shape index (κ2) is 9.88. The van der Waals surface area contributed by atoms with Crippen molar-refractivity contribution in [1.82, 2.24) is 14.5 Å². The largest absolute Gasteiger partial charge is 0.331 e. The number of aryl methyl sites for hydroxylation is 1. The molecule has 0 aliphatic rings. The Bertz CT molecular complexity index is 985.